The topological polar surface area (TPSA) is 35.5 Å². The van der Waals surface area contributed by atoms with Crippen LogP contribution in [-0.2, 0) is 0 Å². The van der Waals surface area contributed by atoms with Crippen LogP contribution in [-0.4, -0.2) is 48.3 Å². The Morgan fingerprint density at radius 1 is 1.22 bits per heavy atom. The minimum Gasteiger partial charge on any atom is -0.389 e. The van der Waals surface area contributed by atoms with E-state index in [-0.39, 0.29) is 30.7 Å². The third kappa shape index (κ3) is 6.18. The average Bonchev–Trinajstić information content (AvgIpc) is 2.53. The van der Waals surface area contributed by atoms with Gasteiger partial charge in [0.05, 0.1) is 5.60 Å². The molecule has 1 aromatic carbocycles. The lowest BCUT2D eigenvalue weighted by Gasteiger charge is -2.39. The molecule has 1 aliphatic heterocycles. The van der Waals surface area contributed by atoms with E-state index in [4.69, 9.17) is 0 Å². The normalized spacial score (nSPS) is 17.0. The highest BCUT2D eigenvalue weighted by Gasteiger charge is 2.35. The van der Waals surface area contributed by atoms with E-state index in [0.717, 1.165) is 50.0 Å². The van der Waals surface area contributed by atoms with Crippen molar-refractivity contribution in [1.82, 2.24) is 10.2 Å². The van der Waals surface area contributed by atoms with E-state index in [2.05, 4.69) is 58.2 Å². The lowest BCUT2D eigenvalue weighted by atomic mass is 9.78. The lowest BCUT2D eigenvalue weighted by molar-refractivity contribution is -0.00822. The SMILES string of the molecule is CCC(O)(CC)C(CN1CCNCC1)c1cccc(Br)c1.Cl.Cl. The van der Waals surface area contributed by atoms with E-state index in [1.54, 1.807) is 0 Å². The van der Waals surface area contributed by atoms with Gasteiger partial charge in [0.15, 0.2) is 0 Å². The highest BCUT2D eigenvalue weighted by atomic mass is 79.9. The molecular formula is C17H29BrCl2N2O. The van der Waals surface area contributed by atoms with Gasteiger partial charge in [-0.1, -0.05) is 41.9 Å². The van der Waals surface area contributed by atoms with Gasteiger partial charge in [-0.3, -0.25) is 0 Å². The molecular weight excluding hydrogens is 399 g/mol. The molecule has 2 N–H and O–H groups in total. The molecule has 0 saturated carbocycles. The molecule has 1 heterocycles. The van der Waals surface area contributed by atoms with Gasteiger partial charge >= 0.3 is 0 Å². The van der Waals surface area contributed by atoms with Gasteiger partial charge in [-0.15, -0.1) is 24.8 Å². The highest BCUT2D eigenvalue weighted by molar-refractivity contribution is 9.10. The quantitative estimate of drug-likeness (QED) is 0.723. The van der Waals surface area contributed by atoms with Crippen molar-refractivity contribution in [3.8, 4) is 0 Å². The van der Waals surface area contributed by atoms with Crippen molar-refractivity contribution in [1.29, 1.82) is 0 Å². The highest BCUT2D eigenvalue weighted by Crippen LogP contribution is 2.35. The molecule has 2 rings (SSSR count). The maximum atomic E-state index is 11.1. The van der Waals surface area contributed by atoms with Crippen LogP contribution in [0.5, 0.6) is 0 Å². The Bertz CT molecular complexity index is 452. The zero-order valence-corrected chi connectivity index (χ0v) is 17.1. The van der Waals surface area contributed by atoms with Crippen molar-refractivity contribution in [3.05, 3.63) is 34.3 Å². The van der Waals surface area contributed by atoms with Crippen molar-refractivity contribution in [2.24, 2.45) is 0 Å². The van der Waals surface area contributed by atoms with Crippen LogP contribution in [0.2, 0.25) is 0 Å². The zero-order valence-electron chi connectivity index (χ0n) is 13.9. The summed E-state index contributed by atoms with van der Waals surface area (Å²) in [6.45, 7) is 9.32. The summed E-state index contributed by atoms with van der Waals surface area (Å²) in [6, 6.07) is 8.41. The number of halogens is 3. The molecule has 0 spiro atoms. The average molecular weight is 428 g/mol. The second-order valence-corrected chi connectivity index (χ2v) is 6.88. The van der Waals surface area contributed by atoms with Crippen LogP contribution in [0.4, 0.5) is 0 Å². The molecule has 0 bridgehead atoms. The number of benzene rings is 1. The predicted molar refractivity (Wildman–Crippen MR) is 106 cm³/mol. The van der Waals surface area contributed by atoms with Gasteiger partial charge in [-0.05, 0) is 30.5 Å². The Balaban J connectivity index is 0.00000242. The molecule has 3 nitrogen and oxygen atoms in total. The molecule has 1 fully saturated rings. The number of hydrogen-bond donors (Lipinski definition) is 2. The van der Waals surface area contributed by atoms with Gasteiger partial charge in [0.25, 0.3) is 0 Å². The van der Waals surface area contributed by atoms with E-state index in [0.29, 0.717) is 0 Å². The first-order valence-electron chi connectivity index (χ1n) is 8.00. The van der Waals surface area contributed by atoms with Crippen LogP contribution in [0.3, 0.4) is 0 Å². The van der Waals surface area contributed by atoms with Crippen molar-refractivity contribution in [3.63, 3.8) is 0 Å². The summed E-state index contributed by atoms with van der Waals surface area (Å²) in [5.74, 6) is 0.156. The van der Waals surface area contributed by atoms with Crippen molar-refractivity contribution >= 4 is 40.7 Å². The molecule has 6 heteroatoms. The van der Waals surface area contributed by atoms with E-state index in [9.17, 15) is 5.11 Å². The summed E-state index contributed by atoms with van der Waals surface area (Å²) in [6.07, 6.45) is 1.57. The predicted octanol–water partition coefficient (Wildman–Crippen LogP) is 3.83. The largest absolute Gasteiger partial charge is 0.389 e. The van der Waals surface area contributed by atoms with Crippen LogP contribution in [0.15, 0.2) is 28.7 Å². The lowest BCUT2D eigenvalue weighted by Crippen LogP contribution is -2.48. The molecule has 0 amide bonds. The Morgan fingerprint density at radius 2 is 1.83 bits per heavy atom. The van der Waals surface area contributed by atoms with E-state index < -0.39 is 5.60 Å². The molecule has 1 aliphatic rings. The van der Waals surface area contributed by atoms with Crippen molar-refractivity contribution < 1.29 is 5.11 Å². The van der Waals surface area contributed by atoms with Crippen LogP contribution in [0.1, 0.15) is 38.2 Å². The summed E-state index contributed by atoms with van der Waals surface area (Å²) in [5.41, 5.74) is 0.597. The number of hydrogen-bond acceptors (Lipinski definition) is 3. The van der Waals surface area contributed by atoms with Crippen molar-refractivity contribution in [2.45, 2.75) is 38.2 Å². The fourth-order valence-electron chi connectivity index (χ4n) is 3.20. The minimum absolute atomic E-state index is 0. The van der Waals surface area contributed by atoms with Gasteiger partial charge in [0.1, 0.15) is 0 Å². The minimum atomic E-state index is -0.633. The summed E-state index contributed by atoms with van der Waals surface area (Å²) in [5, 5.41) is 14.5. The number of aliphatic hydroxyl groups is 1. The van der Waals surface area contributed by atoms with Crippen LogP contribution >= 0.6 is 40.7 Å². The van der Waals surface area contributed by atoms with Gasteiger partial charge in [0, 0.05) is 43.1 Å². The van der Waals surface area contributed by atoms with Crippen LogP contribution < -0.4 is 5.32 Å². The first kappa shape index (κ1) is 23.2. The molecule has 0 radical (unpaired) electrons. The fourth-order valence-corrected chi connectivity index (χ4v) is 3.62. The Morgan fingerprint density at radius 3 is 2.35 bits per heavy atom. The van der Waals surface area contributed by atoms with Gasteiger partial charge in [-0.25, -0.2) is 0 Å². The number of nitrogens with one attached hydrogen (secondary N) is 1. The number of rotatable bonds is 6. The van der Waals surface area contributed by atoms with E-state index >= 15 is 0 Å². The maximum Gasteiger partial charge on any atom is 0.0723 e. The second-order valence-electron chi connectivity index (χ2n) is 5.97. The summed E-state index contributed by atoms with van der Waals surface area (Å²) >= 11 is 3.56. The smallest absolute Gasteiger partial charge is 0.0723 e. The Kier molecular flexibility index (Phi) is 11.0. The third-order valence-corrected chi connectivity index (χ3v) is 5.27. The summed E-state index contributed by atoms with van der Waals surface area (Å²) in [4.78, 5) is 2.47. The Hall–Kier alpha value is 0.160. The molecule has 0 aliphatic carbocycles. The first-order valence-corrected chi connectivity index (χ1v) is 8.79. The van der Waals surface area contributed by atoms with Gasteiger partial charge in [0.2, 0.25) is 0 Å². The molecule has 1 unspecified atom stereocenters. The Labute approximate surface area is 161 Å². The van der Waals surface area contributed by atoms with Crippen molar-refractivity contribution in [2.75, 3.05) is 32.7 Å². The maximum absolute atomic E-state index is 11.1. The molecule has 1 atom stereocenters. The van der Waals surface area contributed by atoms with Crippen LogP contribution in [0.25, 0.3) is 0 Å². The number of piperazine rings is 1. The first-order chi connectivity index (χ1) is 10.1. The van der Waals surface area contributed by atoms with Crippen LogP contribution in [0, 0.1) is 0 Å². The standard InChI is InChI=1S/C17H27BrN2O.2ClH/c1-3-17(21,4-2)16(13-20-10-8-19-9-11-20)14-6-5-7-15(18)12-14;;/h5-7,12,16,19,21H,3-4,8-11,13H2,1-2H3;2*1H. The summed E-state index contributed by atoms with van der Waals surface area (Å²) in [7, 11) is 0. The second kappa shape index (κ2) is 10.9. The fraction of sp³-hybridized carbons (Fsp3) is 0.647. The summed E-state index contributed by atoms with van der Waals surface area (Å²) < 4.78 is 1.08. The molecule has 23 heavy (non-hydrogen) atoms. The molecule has 1 saturated heterocycles. The molecule has 0 aromatic heterocycles. The van der Waals surface area contributed by atoms with Gasteiger partial charge < -0.3 is 15.3 Å². The van der Waals surface area contributed by atoms with E-state index in [1.165, 1.54) is 5.56 Å². The van der Waals surface area contributed by atoms with E-state index in [1.807, 2.05) is 6.07 Å². The third-order valence-electron chi connectivity index (χ3n) is 4.77. The molecule has 1 aromatic rings. The molecule has 134 valence electrons. The number of nitrogens with zero attached hydrogens (tertiary/aromatic N) is 1. The monoisotopic (exact) mass is 426 g/mol. The zero-order chi connectivity index (χ0) is 15.3. The van der Waals surface area contributed by atoms with Gasteiger partial charge in [-0.2, -0.15) is 0 Å².